The summed E-state index contributed by atoms with van der Waals surface area (Å²) in [6.07, 6.45) is 6.11. The van der Waals surface area contributed by atoms with E-state index in [9.17, 15) is 0 Å². The van der Waals surface area contributed by atoms with Gasteiger partial charge in [0.15, 0.2) is 0 Å². The van der Waals surface area contributed by atoms with Gasteiger partial charge in [0, 0.05) is 13.0 Å². The van der Waals surface area contributed by atoms with Crippen LogP contribution in [0.1, 0.15) is 53.4 Å². The maximum Gasteiger partial charge on any atom is 0.0947 e. The molecule has 2 aliphatic heterocycles. The Balaban J connectivity index is 1.30. The molecular formula is C17H28O3. The minimum Gasteiger partial charge on any atom is -0.378 e. The van der Waals surface area contributed by atoms with Gasteiger partial charge in [-0.15, -0.1) is 0 Å². The minimum atomic E-state index is 0.124. The third-order valence-corrected chi connectivity index (χ3v) is 6.15. The van der Waals surface area contributed by atoms with Crippen molar-refractivity contribution in [3.63, 3.8) is 0 Å². The van der Waals surface area contributed by atoms with Crippen LogP contribution < -0.4 is 0 Å². The van der Waals surface area contributed by atoms with Crippen molar-refractivity contribution in [2.24, 2.45) is 17.8 Å². The van der Waals surface area contributed by atoms with Crippen molar-refractivity contribution in [3.8, 4) is 0 Å². The van der Waals surface area contributed by atoms with Gasteiger partial charge in [-0.1, -0.05) is 13.8 Å². The first kappa shape index (κ1) is 13.5. The van der Waals surface area contributed by atoms with Crippen LogP contribution in [0, 0.1) is 17.8 Å². The Hall–Kier alpha value is -0.120. The molecule has 2 aliphatic carbocycles. The van der Waals surface area contributed by atoms with E-state index < -0.39 is 0 Å². The number of hydrogen-bond acceptors (Lipinski definition) is 3. The molecule has 4 rings (SSSR count). The Morgan fingerprint density at radius 2 is 1.55 bits per heavy atom. The summed E-state index contributed by atoms with van der Waals surface area (Å²) in [5, 5.41) is 0. The van der Waals surface area contributed by atoms with E-state index in [1.807, 2.05) is 0 Å². The molecule has 4 aliphatic rings. The molecule has 0 N–H and O–H groups in total. The van der Waals surface area contributed by atoms with Crippen LogP contribution in [0.15, 0.2) is 0 Å². The Morgan fingerprint density at radius 1 is 0.950 bits per heavy atom. The van der Waals surface area contributed by atoms with Gasteiger partial charge in [-0.05, 0) is 50.9 Å². The lowest BCUT2D eigenvalue weighted by Gasteiger charge is -2.32. The van der Waals surface area contributed by atoms with Crippen LogP contribution in [0.5, 0.6) is 0 Å². The molecule has 0 aromatic rings. The number of fused-ring (bicyclic) bond motifs is 2. The van der Waals surface area contributed by atoms with Crippen LogP contribution in [0.3, 0.4) is 0 Å². The fourth-order valence-corrected chi connectivity index (χ4v) is 5.18. The molecule has 8 atom stereocenters. The van der Waals surface area contributed by atoms with Crippen molar-refractivity contribution < 1.29 is 14.2 Å². The van der Waals surface area contributed by atoms with E-state index in [-0.39, 0.29) is 11.2 Å². The molecule has 2 saturated carbocycles. The third-order valence-electron chi connectivity index (χ3n) is 6.15. The highest BCUT2D eigenvalue weighted by atomic mass is 16.6. The molecule has 3 heteroatoms. The van der Waals surface area contributed by atoms with Crippen LogP contribution in [-0.2, 0) is 14.2 Å². The molecule has 3 nitrogen and oxygen atoms in total. The first-order valence-electron chi connectivity index (χ1n) is 8.37. The summed E-state index contributed by atoms with van der Waals surface area (Å²) in [4.78, 5) is 0. The quantitative estimate of drug-likeness (QED) is 0.745. The van der Waals surface area contributed by atoms with Gasteiger partial charge in [-0.3, -0.25) is 0 Å². The Kier molecular flexibility index (Phi) is 2.85. The van der Waals surface area contributed by atoms with Gasteiger partial charge >= 0.3 is 0 Å². The third kappa shape index (κ3) is 2.13. The first-order chi connectivity index (χ1) is 9.40. The van der Waals surface area contributed by atoms with E-state index >= 15 is 0 Å². The smallest absolute Gasteiger partial charge is 0.0947 e. The molecule has 0 radical (unpaired) electrons. The van der Waals surface area contributed by atoms with Gasteiger partial charge in [-0.2, -0.15) is 0 Å². The highest BCUT2D eigenvalue weighted by Crippen LogP contribution is 2.53. The number of hydrogen-bond donors (Lipinski definition) is 0. The van der Waals surface area contributed by atoms with Crippen LogP contribution in [-0.4, -0.2) is 36.1 Å². The lowest BCUT2D eigenvalue weighted by molar-refractivity contribution is -0.0150. The predicted molar refractivity (Wildman–Crippen MR) is 76.6 cm³/mol. The van der Waals surface area contributed by atoms with Crippen molar-refractivity contribution in [2.45, 2.75) is 82.9 Å². The molecule has 0 spiro atoms. The monoisotopic (exact) mass is 280 g/mol. The van der Waals surface area contributed by atoms with Crippen LogP contribution >= 0.6 is 0 Å². The van der Waals surface area contributed by atoms with E-state index in [2.05, 4.69) is 27.7 Å². The second-order valence-corrected chi connectivity index (χ2v) is 8.36. The summed E-state index contributed by atoms with van der Waals surface area (Å²) >= 11 is 0. The Bertz CT molecular complexity index is 373. The maximum atomic E-state index is 6.28. The summed E-state index contributed by atoms with van der Waals surface area (Å²) in [5.41, 5.74) is 0.293. The van der Waals surface area contributed by atoms with Gasteiger partial charge in [0.05, 0.1) is 29.5 Å². The molecule has 2 saturated heterocycles. The lowest BCUT2D eigenvalue weighted by Crippen LogP contribution is -2.36. The molecule has 0 aromatic heterocycles. The largest absolute Gasteiger partial charge is 0.378 e. The second-order valence-electron chi connectivity index (χ2n) is 8.36. The molecular weight excluding hydrogens is 252 g/mol. The Morgan fingerprint density at radius 3 is 2.15 bits per heavy atom. The van der Waals surface area contributed by atoms with Crippen LogP contribution in [0.4, 0.5) is 0 Å². The average molecular weight is 280 g/mol. The summed E-state index contributed by atoms with van der Waals surface area (Å²) in [7, 11) is 0. The zero-order valence-corrected chi connectivity index (χ0v) is 13.2. The molecule has 0 amide bonds. The highest BCUT2D eigenvalue weighted by molar-refractivity contribution is 5.08. The minimum absolute atomic E-state index is 0.124. The summed E-state index contributed by atoms with van der Waals surface area (Å²) < 4.78 is 18.0. The highest BCUT2D eigenvalue weighted by Gasteiger charge is 2.60. The average Bonchev–Trinajstić information content (AvgIpc) is 3.21. The number of ether oxygens (including phenoxy) is 3. The van der Waals surface area contributed by atoms with Gasteiger partial charge in [-0.25, -0.2) is 0 Å². The number of epoxide rings is 2. The van der Waals surface area contributed by atoms with Crippen molar-refractivity contribution in [2.75, 3.05) is 6.61 Å². The van der Waals surface area contributed by atoms with Crippen molar-refractivity contribution in [1.29, 1.82) is 0 Å². The Labute approximate surface area is 122 Å². The van der Waals surface area contributed by atoms with E-state index in [4.69, 9.17) is 14.2 Å². The van der Waals surface area contributed by atoms with Crippen LogP contribution in [0.2, 0.25) is 0 Å². The fourth-order valence-electron chi connectivity index (χ4n) is 5.18. The zero-order chi connectivity index (χ0) is 14.1. The SMILES string of the molecule is CC1CC(COC2CC(C)C3OC3(C)C2)CC2(C)OC12. The molecule has 2 heterocycles. The molecule has 8 unspecified atom stereocenters. The lowest BCUT2D eigenvalue weighted by atomic mass is 9.77. The van der Waals surface area contributed by atoms with Gasteiger partial charge in [0.2, 0.25) is 0 Å². The van der Waals surface area contributed by atoms with Crippen molar-refractivity contribution >= 4 is 0 Å². The van der Waals surface area contributed by atoms with Gasteiger partial charge in [0.25, 0.3) is 0 Å². The van der Waals surface area contributed by atoms with E-state index in [1.54, 1.807) is 0 Å². The zero-order valence-electron chi connectivity index (χ0n) is 13.2. The molecule has 4 fully saturated rings. The van der Waals surface area contributed by atoms with Crippen molar-refractivity contribution in [3.05, 3.63) is 0 Å². The van der Waals surface area contributed by atoms with E-state index in [0.29, 0.717) is 36.1 Å². The molecule has 0 bridgehead atoms. The van der Waals surface area contributed by atoms with E-state index in [1.165, 1.54) is 19.3 Å². The standard InChI is InChI=1S/C17H28O3/c1-10-5-12(7-16(3)14(10)19-16)9-18-13-6-11(2)15-17(4,8-13)20-15/h10-15H,5-9H2,1-4H3. The molecule has 0 aromatic carbocycles. The fraction of sp³-hybridized carbons (Fsp3) is 1.00. The second kappa shape index (κ2) is 4.21. The molecule has 20 heavy (non-hydrogen) atoms. The maximum absolute atomic E-state index is 6.28. The van der Waals surface area contributed by atoms with Crippen LogP contribution in [0.25, 0.3) is 0 Å². The molecule has 114 valence electrons. The first-order valence-corrected chi connectivity index (χ1v) is 8.37. The van der Waals surface area contributed by atoms with Gasteiger partial charge < -0.3 is 14.2 Å². The normalized spacial score (nSPS) is 60.6. The topological polar surface area (TPSA) is 34.3 Å². The summed E-state index contributed by atoms with van der Waals surface area (Å²) in [5.74, 6) is 2.02. The summed E-state index contributed by atoms with van der Waals surface area (Å²) in [6, 6.07) is 0. The van der Waals surface area contributed by atoms with Crippen molar-refractivity contribution in [1.82, 2.24) is 0 Å². The summed E-state index contributed by atoms with van der Waals surface area (Å²) in [6.45, 7) is 10.1. The predicted octanol–water partition coefficient (Wildman–Crippen LogP) is 3.16. The van der Waals surface area contributed by atoms with E-state index in [0.717, 1.165) is 13.0 Å². The van der Waals surface area contributed by atoms with Gasteiger partial charge in [0.1, 0.15) is 0 Å². The number of rotatable bonds is 3.